The molecule has 3 rings (SSSR count). The number of sulfonamides is 2. The Morgan fingerprint density at radius 3 is 2.08 bits per heavy atom. The van der Waals surface area contributed by atoms with Crippen LogP contribution < -0.4 is 19.1 Å². The number of piperazine rings is 1. The van der Waals surface area contributed by atoms with E-state index in [-0.39, 0.29) is 17.2 Å². The van der Waals surface area contributed by atoms with Gasteiger partial charge in [-0.25, -0.2) is 21.1 Å². The summed E-state index contributed by atoms with van der Waals surface area (Å²) in [4.78, 5) is 2.13. The number of benzene rings is 2. The van der Waals surface area contributed by atoms with Crippen LogP contribution in [-0.4, -0.2) is 92.3 Å². The second kappa shape index (κ2) is 13.0. The number of rotatable bonds is 13. The van der Waals surface area contributed by atoms with E-state index in [0.717, 1.165) is 12.0 Å². The van der Waals surface area contributed by atoms with Crippen LogP contribution in [0.5, 0.6) is 17.2 Å². The molecule has 0 aromatic heterocycles. The number of hydrogen-bond donors (Lipinski definition) is 0. The Morgan fingerprint density at radius 1 is 0.842 bits per heavy atom. The molecule has 1 fully saturated rings. The second-order valence-electron chi connectivity index (χ2n) is 9.16. The van der Waals surface area contributed by atoms with Crippen LogP contribution in [0.4, 0.5) is 5.69 Å². The summed E-state index contributed by atoms with van der Waals surface area (Å²) in [6, 6.07) is 10.3. The van der Waals surface area contributed by atoms with Gasteiger partial charge in [0.25, 0.3) is 0 Å². The molecule has 0 unspecified atom stereocenters. The van der Waals surface area contributed by atoms with E-state index in [4.69, 9.17) is 14.2 Å². The summed E-state index contributed by atoms with van der Waals surface area (Å²) in [7, 11) is -0.851. The molecular formula is C26H39N3O7S2. The van der Waals surface area contributed by atoms with Crippen molar-refractivity contribution in [3.63, 3.8) is 0 Å². The van der Waals surface area contributed by atoms with E-state index >= 15 is 0 Å². The first-order valence-electron chi connectivity index (χ1n) is 12.7. The molecule has 2 aromatic carbocycles. The quantitative estimate of drug-likeness (QED) is 0.363. The summed E-state index contributed by atoms with van der Waals surface area (Å²) in [6.07, 6.45) is 1.95. The highest BCUT2D eigenvalue weighted by Gasteiger charge is 2.29. The van der Waals surface area contributed by atoms with Crippen LogP contribution in [0.2, 0.25) is 0 Å². The first kappa shape index (κ1) is 30.0. The molecule has 2 aromatic rings. The lowest BCUT2D eigenvalue weighted by Crippen LogP contribution is -2.49. The van der Waals surface area contributed by atoms with E-state index in [1.165, 1.54) is 21.8 Å². The molecule has 0 saturated carbocycles. The fourth-order valence-electron chi connectivity index (χ4n) is 4.36. The maximum Gasteiger partial charge on any atom is 0.242 e. The molecule has 0 aliphatic carbocycles. The lowest BCUT2D eigenvalue weighted by Gasteiger charge is -2.36. The molecule has 0 spiro atoms. The fraction of sp³-hybridized carbons (Fsp3) is 0.538. The molecular weight excluding hydrogens is 530 g/mol. The summed E-state index contributed by atoms with van der Waals surface area (Å²) < 4.78 is 71.0. The van der Waals surface area contributed by atoms with E-state index in [9.17, 15) is 16.8 Å². The summed E-state index contributed by atoms with van der Waals surface area (Å²) >= 11 is 0. The van der Waals surface area contributed by atoms with Crippen molar-refractivity contribution in [3.05, 3.63) is 42.0 Å². The molecule has 12 heteroatoms. The van der Waals surface area contributed by atoms with Crippen molar-refractivity contribution in [2.24, 2.45) is 0 Å². The Morgan fingerprint density at radius 2 is 1.47 bits per heavy atom. The smallest absolute Gasteiger partial charge is 0.242 e. The Kier molecular flexibility index (Phi) is 10.3. The normalized spacial score (nSPS) is 15.1. The van der Waals surface area contributed by atoms with Crippen molar-refractivity contribution in [1.29, 1.82) is 0 Å². The molecule has 212 valence electrons. The third-order valence-electron chi connectivity index (χ3n) is 6.75. The predicted octanol–water partition coefficient (Wildman–Crippen LogP) is 2.83. The Bertz CT molecular complexity index is 1290. The Balaban J connectivity index is 1.74. The van der Waals surface area contributed by atoms with Gasteiger partial charge in [0.05, 0.1) is 37.7 Å². The second-order valence-corrected chi connectivity index (χ2v) is 13.3. The van der Waals surface area contributed by atoms with Crippen LogP contribution >= 0.6 is 0 Å². The summed E-state index contributed by atoms with van der Waals surface area (Å²) in [5, 5.41) is 0. The average molecular weight is 570 g/mol. The topological polar surface area (TPSA) is 106 Å². The van der Waals surface area contributed by atoms with Crippen LogP contribution in [0.3, 0.4) is 0 Å². The third-order valence-corrected chi connectivity index (χ3v) is 10.6. The highest BCUT2D eigenvalue weighted by atomic mass is 32.2. The maximum absolute atomic E-state index is 13.4. The largest absolute Gasteiger partial charge is 0.495 e. The highest BCUT2D eigenvalue weighted by Crippen LogP contribution is 2.33. The maximum atomic E-state index is 13.4. The van der Waals surface area contributed by atoms with Gasteiger partial charge in [0, 0.05) is 39.8 Å². The van der Waals surface area contributed by atoms with Gasteiger partial charge in [0.2, 0.25) is 20.0 Å². The summed E-state index contributed by atoms with van der Waals surface area (Å²) in [5.74, 6) is 1.89. The van der Waals surface area contributed by atoms with Gasteiger partial charge in [0.15, 0.2) is 11.5 Å². The average Bonchev–Trinajstić information content (AvgIpc) is 2.94. The Hall–Kier alpha value is -2.54. The zero-order valence-electron chi connectivity index (χ0n) is 22.8. The molecule has 0 atom stereocenters. The summed E-state index contributed by atoms with van der Waals surface area (Å²) in [5.41, 5.74) is 1.55. The molecule has 0 radical (unpaired) electrons. The van der Waals surface area contributed by atoms with Gasteiger partial charge < -0.3 is 19.1 Å². The third kappa shape index (κ3) is 6.90. The minimum absolute atomic E-state index is 0.149. The van der Waals surface area contributed by atoms with Crippen molar-refractivity contribution in [1.82, 2.24) is 8.61 Å². The molecule has 0 amide bonds. The molecule has 0 N–H and O–H groups in total. The molecule has 0 bridgehead atoms. The van der Waals surface area contributed by atoms with Crippen LogP contribution in [0, 0.1) is 0 Å². The Labute approximate surface area is 227 Å². The van der Waals surface area contributed by atoms with Gasteiger partial charge in [-0.3, -0.25) is 0 Å². The molecule has 10 nitrogen and oxygen atoms in total. The SMILES string of the molecule is CCCCS(=O)(=O)N1CCN(c2cc(S(=O)(=O)N(C)CCc3ccc(OC)c(OC)c3)ccc2OC)CC1. The van der Waals surface area contributed by atoms with Gasteiger partial charge in [-0.2, -0.15) is 4.31 Å². The van der Waals surface area contributed by atoms with E-state index in [2.05, 4.69) is 0 Å². The van der Waals surface area contributed by atoms with Crippen LogP contribution in [0.1, 0.15) is 25.3 Å². The molecule has 1 heterocycles. The van der Waals surface area contributed by atoms with Gasteiger partial charge in [0.1, 0.15) is 5.75 Å². The van der Waals surface area contributed by atoms with Gasteiger partial charge in [-0.05, 0) is 48.7 Å². The fourth-order valence-corrected chi connectivity index (χ4v) is 7.19. The van der Waals surface area contributed by atoms with Gasteiger partial charge in [-0.15, -0.1) is 0 Å². The van der Waals surface area contributed by atoms with Crippen molar-refractivity contribution in [2.45, 2.75) is 31.1 Å². The number of ether oxygens (including phenoxy) is 3. The minimum Gasteiger partial charge on any atom is -0.495 e. The lowest BCUT2D eigenvalue weighted by atomic mass is 10.1. The standard InChI is InChI=1S/C26H39N3O7S2/c1-6-7-18-37(30,31)29-16-14-28(15-17-29)23-20-22(9-11-24(23)34-3)38(32,33)27(2)13-12-21-8-10-25(35-4)26(19-21)36-5/h8-11,19-20H,6-7,12-18H2,1-5H3. The number of likely N-dealkylation sites (N-methyl/N-ethyl adjacent to an activating group) is 1. The van der Waals surface area contributed by atoms with Crippen LogP contribution in [0.25, 0.3) is 0 Å². The minimum atomic E-state index is -3.78. The number of hydrogen-bond acceptors (Lipinski definition) is 8. The molecule has 38 heavy (non-hydrogen) atoms. The van der Waals surface area contributed by atoms with E-state index in [1.54, 1.807) is 39.5 Å². The van der Waals surface area contributed by atoms with Gasteiger partial charge in [-0.1, -0.05) is 19.4 Å². The zero-order chi connectivity index (χ0) is 27.9. The number of anilines is 1. The van der Waals surface area contributed by atoms with Crippen molar-refractivity contribution in [3.8, 4) is 17.2 Å². The van der Waals surface area contributed by atoms with Crippen LogP contribution in [0.15, 0.2) is 41.3 Å². The van der Waals surface area contributed by atoms with Crippen LogP contribution in [-0.2, 0) is 26.5 Å². The van der Waals surface area contributed by atoms with Crippen molar-refractivity contribution < 1.29 is 31.0 Å². The number of methoxy groups -OCH3 is 3. The number of nitrogens with zero attached hydrogens (tertiary/aromatic N) is 3. The molecule has 1 saturated heterocycles. The predicted molar refractivity (Wildman–Crippen MR) is 149 cm³/mol. The monoisotopic (exact) mass is 569 g/mol. The van der Waals surface area contributed by atoms with E-state index < -0.39 is 20.0 Å². The highest BCUT2D eigenvalue weighted by molar-refractivity contribution is 7.89. The van der Waals surface area contributed by atoms with Crippen molar-refractivity contribution in [2.75, 3.05) is 71.8 Å². The summed E-state index contributed by atoms with van der Waals surface area (Å²) in [6.45, 7) is 3.82. The first-order valence-corrected chi connectivity index (χ1v) is 15.7. The molecule has 1 aliphatic rings. The van der Waals surface area contributed by atoms with Crippen molar-refractivity contribution >= 4 is 25.7 Å². The van der Waals surface area contributed by atoms with E-state index in [0.29, 0.717) is 62.0 Å². The zero-order valence-corrected chi connectivity index (χ0v) is 24.5. The number of unbranched alkanes of at least 4 members (excludes halogenated alkanes) is 1. The first-order chi connectivity index (χ1) is 18.1. The van der Waals surface area contributed by atoms with E-state index in [1.807, 2.05) is 24.0 Å². The lowest BCUT2D eigenvalue weighted by molar-refractivity contribution is 0.354. The van der Waals surface area contributed by atoms with Gasteiger partial charge >= 0.3 is 0 Å². The molecule has 1 aliphatic heterocycles.